The van der Waals surface area contributed by atoms with Crippen LogP contribution in [0.25, 0.3) is 0 Å². The van der Waals surface area contributed by atoms with E-state index in [0.717, 1.165) is 15.8 Å². The summed E-state index contributed by atoms with van der Waals surface area (Å²) >= 11 is 3.41. The highest BCUT2D eigenvalue weighted by Gasteiger charge is 2.50. The predicted molar refractivity (Wildman–Crippen MR) is 74.7 cm³/mol. The van der Waals surface area contributed by atoms with Crippen LogP contribution in [0.5, 0.6) is 5.75 Å². The minimum Gasteiger partial charge on any atom is -0.496 e. The Morgan fingerprint density at radius 2 is 2.32 bits per heavy atom. The van der Waals surface area contributed by atoms with Crippen molar-refractivity contribution >= 4 is 21.8 Å². The van der Waals surface area contributed by atoms with Gasteiger partial charge < -0.3 is 10.1 Å². The third kappa shape index (κ3) is 3.07. The fourth-order valence-corrected chi connectivity index (χ4v) is 2.35. The Labute approximate surface area is 120 Å². The molecule has 4 nitrogen and oxygen atoms in total. The van der Waals surface area contributed by atoms with E-state index in [1.54, 1.807) is 7.11 Å². The van der Waals surface area contributed by atoms with Gasteiger partial charge in [-0.05, 0) is 43.0 Å². The molecule has 1 amide bonds. The lowest BCUT2D eigenvalue weighted by atomic mass is 10.1. The SMILES string of the molecule is COc1ccc(Br)cc1CCNC(=O)C1(C#N)CC1. The molecule has 0 saturated heterocycles. The fraction of sp³-hybridized carbons (Fsp3) is 0.429. The molecule has 0 spiro atoms. The number of rotatable bonds is 5. The van der Waals surface area contributed by atoms with Crippen molar-refractivity contribution in [2.75, 3.05) is 13.7 Å². The fourth-order valence-electron chi connectivity index (χ4n) is 1.94. The molecule has 2 rings (SSSR count). The van der Waals surface area contributed by atoms with Gasteiger partial charge in [0.15, 0.2) is 0 Å². The lowest BCUT2D eigenvalue weighted by molar-refractivity contribution is -0.124. The van der Waals surface area contributed by atoms with E-state index >= 15 is 0 Å². The number of ether oxygens (including phenoxy) is 1. The Morgan fingerprint density at radius 1 is 1.58 bits per heavy atom. The van der Waals surface area contributed by atoms with Crippen molar-refractivity contribution in [3.63, 3.8) is 0 Å². The summed E-state index contributed by atoms with van der Waals surface area (Å²) in [7, 11) is 1.63. The number of amides is 1. The molecule has 5 heteroatoms. The van der Waals surface area contributed by atoms with E-state index in [-0.39, 0.29) is 5.91 Å². The van der Waals surface area contributed by atoms with Crippen molar-refractivity contribution in [1.29, 1.82) is 5.26 Å². The molecule has 0 heterocycles. The second kappa shape index (κ2) is 5.62. The molecular weight excluding hydrogens is 308 g/mol. The lowest BCUT2D eigenvalue weighted by Gasteiger charge is -2.11. The zero-order chi connectivity index (χ0) is 13.9. The first-order valence-corrected chi connectivity index (χ1v) is 6.92. The van der Waals surface area contributed by atoms with Gasteiger partial charge in [-0.15, -0.1) is 0 Å². The van der Waals surface area contributed by atoms with E-state index in [1.807, 2.05) is 18.2 Å². The van der Waals surface area contributed by atoms with Gasteiger partial charge in [0.1, 0.15) is 11.2 Å². The van der Waals surface area contributed by atoms with E-state index in [4.69, 9.17) is 10.00 Å². The lowest BCUT2D eigenvalue weighted by Crippen LogP contribution is -2.32. The zero-order valence-corrected chi connectivity index (χ0v) is 12.3. The Bertz CT molecular complexity index is 533. The molecule has 1 N–H and O–H groups in total. The maximum absolute atomic E-state index is 11.8. The monoisotopic (exact) mass is 322 g/mol. The minimum atomic E-state index is -0.749. The van der Waals surface area contributed by atoms with Crippen molar-refractivity contribution in [2.24, 2.45) is 5.41 Å². The van der Waals surface area contributed by atoms with Crippen LogP contribution in [0.3, 0.4) is 0 Å². The predicted octanol–water partition coefficient (Wildman–Crippen LogP) is 2.42. The molecule has 0 aromatic heterocycles. The Morgan fingerprint density at radius 3 is 2.89 bits per heavy atom. The number of nitriles is 1. The van der Waals surface area contributed by atoms with Gasteiger partial charge in [-0.1, -0.05) is 15.9 Å². The van der Waals surface area contributed by atoms with Crippen LogP contribution < -0.4 is 10.1 Å². The minimum absolute atomic E-state index is 0.149. The van der Waals surface area contributed by atoms with Gasteiger partial charge in [-0.2, -0.15) is 5.26 Å². The summed E-state index contributed by atoms with van der Waals surface area (Å²) < 4.78 is 6.25. The molecule has 1 aromatic carbocycles. The molecule has 0 bridgehead atoms. The van der Waals surface area contributed by atoms with Crippen molar-refractivity contribution in [3.05, 3.63) is 28.2 Å². The normalized spacial score (nSPS) is 15.4. The summed E-state index contributed by atoms with van der Waals surface area (Å²) in [6, 6.07) is 7.86. The van der Waals surface area contributed by atoms with Crippen LogP contribution in [-0.2, 0) is 11.2 Å². The van der Waals surface area contributed by atoms with Crippen LogP contribution in [0.1, 0.15) is 18.4 Å². The first-order chi connectivity index (χ1) is 9.11. The number of halogens is 1. The second-order valence-corrected chi connectivity index (χ2v) is 5.57. The third-order valence-electron chi connectivity index (χ3n) is 3.32. The highest BCUT2D eigenvalue weighted by atomic mass is 79.9. The van der Waals surface area contributed by atoms with Crippen LogP contribution in [0, 0.1) is 16.7 Å². The number of hydrogen-bond acceptors (Lipinski definition) is 3. The summed E-state index contributed by atoms with van der Waals surface area (Å²) in [6.07, 6.45) is 2.03. The smallest absolute Gasteiger partial charge is 0.240 e. The molecule has 0 aliphatic heterocycles. The van der Waals surface area contributed by atoms with Gasteiger partial charge in [-0.25, -0.2) is 0 Å². The van der Waals surface area contributed by atoms with Gasteiger partial charge in [0.05, 0.1) is 13.2 Å². The van der Waals surface area contributed by atoms with Crippen LogP contribution in [-0.4, -0.2) is 19.6 Å². The van der Waals surface area contributed by atoms with Crippen LogP contribution in [0.2, 0.25) is 0 Å². The highest BCUT2D eigenvalue weighted by Crippen LogP contribution is 2.44. The van der Waals surface area contributed by atoms with E-state index < -0.39 is 5.41 Å². The molecular formula is C14H15BrN2O2. The number of carbonyl (C=O) groups excluding carboxylic acids is 1. The average Bonchev–Trinajstić information content (AvgIpc) is 3.20. The summed E-state index contributed by atoms with van der Waals surface area (Å²) in [5, 5.41) is 11.7. The number of benzene rings is 1. The summed E-state index contributed by atoms with van der Waals surface area (Å²) in [4.78, 5) is 11.8. The average molecular weight is 323 g/mol. The molecule has 0 unspecified atom stereocenters. The number of methoxy groups -OCH3 is 1. The molecule has 1 aliphatic rings. The largest absolute Gasteiger partial charge is 0.496 e. The summed E-state index contributed by atoms with van der Waals surface area (Å²) in [5.74, 6) is 0.655. The Kier molecular flexibility index (Phi) is 4.11. The van der Waals surface area contributed by atoms with E-state index in [0.29, 0.717) is 25.8 Å². The van der Waals surface area contributed by atoms with Gasteiger partial charge in [0.2, 0.25) is 5.91 Å². The first-order valence-electron chi connectivity index (χ1n) is 6.13. The van der Waals surface area contributed by atoms with E-state index in [1.165, 1.54) is 0 Å². The van der Waals surface area contributed by atoms with Crippen molar-refractivity contribution in [2.45, 2.75) is 19.3 Å². The number of carbonyl (C=O) groups is 1. The molecule has 19 heavy (non-hydrogen) atoms. The summed E-state index contributed by atoms with van der Waals surface area (Å²) in [5.41, 5.74) is 0.278. The van der Waals surface area contributed by atoms with Gasteiger partial charge in [0.25, 0.3) is 0 Å². The second-order valence-electron chi connectivity index (χ2n) is 4.66. The third-order valence-corrected chi connectivity index (χ3v) is 3.81. The maximum atomic E-state index is 11.8. The van der Waals surface area contributed by atoms with Crippen LogP contribution >= 0.6 is 15.9 Å². The molecule has 1 aliphatic carbocycles. The summed E-state index contributed by atoms with van der Waals surface area (Å²) in [6.45, 7) is 0.509. The number of hydrogen-bond donors (Lipinski definition) is 1. The van der Waals surface area contributed by atoms with Crippen LogP contribution in [0.15, 0.2) is 22.7 Å². The zero-order valence-electron chi connectivity index (χ0n) is 10.7. The van der Waals surface area contributed by atoms with E-state index in [9.17, 15) is 4.79 Å². The van der Waals surface area contributed by atoms with Crippen molar-refractivity contribution < 1.29 is 9.53 Å². The molecule has 1 fully saturated rings. The first kappa shape index (κ1) is 13.9. The quantitative estimate of drug-likeness (QED) is 0.905. The Balaban J connectivity index is 1.91. The van der Waals surface area contributed by atoms with Gasteiger partial charge in [-0.3, -0.25) is 4.79 Å². The molecule has 100 valence electrons. The van der Waals surface area contributed by atoms with Crippen molar-refractivity contribution in [1.82, 2.24) is 5.32 Å². The van der Waals surface area contributed by atoms with Gasteiger partial charge in [0, 0.05) is 11.0 Å². The van der Waals surface area contributed by atoms with Crippen molar-refractivity contribution in [3.8, 4) is 11.8 Å². The maximum Gasteiger partial charge on any atom is 0.240 e. The molecule has 0 radical (unpaired) electrons. The Hall–Kier alpha value is -1.54. The molecule has 1 aromatic rings. The molecule has 1 saturated carbocycles. The number of nitrogens with one attached hydrogen (secondary N) is 1. The standard InChI is InChI=1S/C14H15BrN2O2/c1-19-12-3-2-11(15)8-10(12)4-7-17-13(18)14(9-16)5-6-14/h2-3,8H,4-7H2,1H3,(H,17,18). The van der Waals surface area contributed by atoms with Gasteiger partial charge >= 0.3 is 0 Å². The number of nitrogens with zero attached hydrogens (tertiary/aromatic N) is 1. The van der Waals surface area contributed by atoms with Crippen LogP contribution in [0.4, 0.5) is 0 Å². The molecule has 0 atom stereocenters. The topological polar surface area (TPSA) is 62.1 Å². The van der Waals surface area contributed by atoms with E-state index in [2.05, 4.69) is 27.3 Å². The highest BCUT2D eigenvalue weighted by molar-refractivity contribution is 9.10.